The molecule has 0 N–H and O–H groups in total. The molecule has 1 atom stereocenters. The van der Waals surface area contributed by atoms with Gasteiger partial charge in [-0.05, 0) is 12.0 Å². The molecule has 0 aliphatic carbocycles. The van der Waals surface area contributed by atoms with Gasteiger partial charge in [0.05, 0.1) is 32.9 Å². The van der Waals surface area contributed by atoms with Gasteiger partial charge in [-0.1, -0.05) is 13.8 Å². The van der Waals surface area contributed by atoms with E-state index in [2.05, 4.69) is 18.8 Å². The van der Waals surface area contributed by atoms with E-state index in [4.69, 9.17) is 18.9 Å². The molecule has 0 spiro atoms. The zero-order valence-corrected chi connectivity index (χ0v) is 12.6. The van der Waals surface area contributed by atoms with Crippen LogP contribution in [-0.2, 0) is 4.74 Å². The third-order valence-electron chi connectivity index (χ3n) is 3.36. The molecule has 1 aliphatic heterocycles. The normalized spacial score (nSPS) is 17.7. The Balaban J connectivity index is 2.47. The molecule has 0 fully saturated rings. The van der Waals surface area contributed by atoms with E-state index in [-0.39, 0.29) is 6.04 Å². The molecule has 0 amide bonds. The fourth-order valence-corrected chi connectivity index (χ4v) is 2.09. The van der Waals surface area contributed by atoms with Gasteiger partial charge >= 0.3 is 0 Å². The molecular formula is C15H21NO4. The van der Waals surface area contributed by atoms with Crippen LogP contribution >= 0.6 is 0 Å². The molecule has 110 valence electrons. The summed E-state index contributed by atoms with van der Waals surface area (Å²) in [6, 6.07) is 3.80. The minimum absolute atomic E-state index is 0.173. The van der Waals surface area contributed by atoms with Crippen molar-refractivity contribution in [1.82, 2.24) is 0 Å². The molecule has 0 bridgehead atoms. The van der Waals surface area contributed by atoms with E-state index in [1.54, 1.807) is 27.4 Å². The number of rotatable bonds is 5. The summed E-state index contributed by atoms with van der Waals surface area (Å²) in [5.41, 5.74) is 0.756. The monoisotopic (exact) mass is 279 g/mol. The van der Waals surface area contributed by atoms with Crippen molar-refractivity contribution in [1.29, 1.82) is 0 Å². The van der Waals surface area contributed by atoms with Crippen LogP contribution in [0.3, 0.4) is 0 Å². The molecule has 20 heavy (non-hydrogen) atoms. The van der Waals surface area contributed by atoms with E-state index >= 15 is 0 Å². The lowest BCUT2D eigenvalue weighted by atomic mass is 10.1. The second-order valence-corrected chi connectivity index (χ2v) is 4.97. The zero-order chi connectivity index (χ0) is 14.7. The average Bonchev–Trinajstić information content (AvgIpc) is 2.95. The van der Waals surface area contributed by atoms with Crippen LogP contribution in [-0.4, -0.2) is 39.9 Å². The molecule has 1 aromatic carbocycles. The van der Waals surface area contributed by atoms with E-state index < -0.39 is 0 Å². The second-order valence-electron chi connectivity index (χ2n) is 4.97. The number of aliphatic imine (C=N–C) groups is 1. The quantitative estimate of drug-likeness (QED) is 0.831. The first-order valence-electron chi connectivity index (χ1n) is 6.61. The third kappa shape index (κ3) is 2.66. The van der Waals surface area contributed by atoms with Crippen molar-refractivity contribution in [3.8, 4) is 17.2 Å². The third-order valence-corrected chi connectivity index (χ3v) is 3.36. The van der Waals surface area contributed by atoms with Crippen LogP contribution in [0.15, 0.2) is 17.1 Å². The Labute approximate surface area is 119 Å². The summed E-state index contributed by atoms with van der Waals surface area (Å²) >= 11 is 0. The van der Waals surface area contributed by atoms with Gasteiger partial charge < -0.3 is 18.9 Å². The van der Waals surface area contributed by atoms with Gasteiger partial charge in [0, 0.05) is 6.07 Å². The number of benzene rings is 1. The molecule has 0 radical (unpaired) electrons. The molecule has 1 heterocycles. The summed E-state index contributed by atoms with van der Waals surface area (Å²) in [6.45, 7) is 4.85. The summed E-state index contributed by atoms with van der Waals surface area (Å²) in [5.74, 6) is 2.90. The number of ether oxygens (including phenoxy) is 4. The predicted octanol–water partition coefficient (Wildman–Crippen LogP) is 2.51. The van der Waals surface area contributed by atoms with Crippen molar-refractivity contribution < 1.29 is 18.9 Å². The van der Waals surface area contributed by atoms with E-state index in [0.29, 0.717) is 35.7 Å². The average molecular weight is 279 g/mol. The molecule has 5 heteroatoms. The topological polar surface area (TPSA) is 49.3 Å². The molecule has 0 aromatic heterocycles. The predicted molar refractivity (Wildman–Crippen MR) is 77.2 cm³/mol. The molecule has 0 unspecified atom stereocenters. The summed E-state index contributed by atoms with van der Waals surface area (Å²) in [6.07, 6.45) is 0. The first-order chi connectivity index (χ1) is 9.60. The van der Waals surface area contributed by atoms with Crippen LogP contribution < -0.4 is 14.2 Å². The van der Waals surface area contributed by atoms with Crippen LogP contribution in [0.5, 0.6) is 17.2 Å². The maximum absolute atomic E-state index is 5.71. The first kappa shape index (κ1) is 14.5. The smallest absolute Gasteiger partial charge is 0.220 e. The molecule has 1 aromatic rings. The van der Waals surface area contributed by atoms with Crippen molar-refractivity contribution >= 4 is 5.90 Å². The number of hydrogen-bond donors (Lipinski definition) is 0. The Morgan fingerprint density at radius 2 is 1.90 bits per heavy atom. The lowest BCUT2D eigenvalue weighted by Crippen LogP contribution is -2.13. The Morgan fingerprint density at radius 3 is 2.40 bits per heavy atom. The fourth-order valence-electron chi connectivity index (χ4n) is 2.09. The maximum Gasteiger partial charge on any atom is 0.220 e. The summed E-state index contributed by atoms with van der Waals surface area (Å²) in [7, 11) is 4.80. The van der Waals surface area contributed by atoms with Gasteiger partial charge in [-0.15, -0.1) is 0 Å². The first-order valence-corrected chi connectivity index (χ1v) is 6.61. The minimum atomic E-state index is 0.173. The van der Waals surface area contributed by atoms with Crippen molar-refractivity contribution in [3.05, 3.63) is 17.7 Å². The van der Waals surface area contributed by atoms with Crippen molar-refractivity contribution in [2.75, 3.05) is 27.9 Å². The van der Waals surface area contributed by atoms with Crippen molar-refractivity contribution in [2.45, 2.75) is 19.9 Å². The highest BCUT2D eigenvalue weighted by atomic mass is 16.5. The number of nitrogens with zero attached hydrogens (tertiary/aromatic N) is 1. The lowest BCUT2D eigenvalue weighted by molar-refractivity contribution is 0.290. The van der Waals surface area contributed by atoms with E-state index in [0.717, 1.165) is 5.56 Å². The van der Waals surface area contributed by atoms with E-state index in [1.165, 1.54) is 0 Å². The zero-order valence-electron chi connectivity index (χ0n) is 12.6. The molecule has 2 rings (SSSR count). The molecule has 5 nitrogen and oxygen atoms in total. The standard InChI is InChI=1S/C15H21NO4/c1-9(2)12-8-20-15(16-12)11-6-10(17-3)7-13(18-4)14(11)19-5/h6-7,9,12H,8H2,1-5H3/t12-/m1/s1. The van der Waals surface area contributed by atoms with Gasteiger partial charge in [-0.3, -0.25) is 0 Å². The number of methoxy groups -OCH3 is 3. The van der Waals surface area contributed by atoms with E-state index in [9.17, 15) is 0 Å². The highest BCUT2D eigenvalue weighted by Gasteiger charge is 2.26. The van der Waals surface area contributed by atoms with Gasteiger partial charge in [0.1, 0.15) is 12.4 Å². The van der Waals surface area contributed by atoms with Gasteiger partial charge in [0.25, 0.3) is 0 Å². The molecule has 1 aliphatic rings. The molecular weight excluding hydrogens is 258 g/mol. The summed E-state index contributed by atoms with van der Waals surface area (Å²) in [4.78, 5) is 4.62. The maximum atomic E-state index is 5.71. The summed E-state index contributed by atoms with van der Waals surface area (Å²) in [5, 5.41) is 0. The van der Waals surface area contributed by atoms with Gasteiger partial charge in [-0.2, -0.15) is 0 Å². The second kappa shape index (κ2) is 6.03. The highest BCUT2D eigenvalue weighted by Crippen LogP contribution is 2.37. The van der Waals surface area contributed by atoms with Crippen LogP contribution in [0.2, 0.25) is 0 Å². The van der Waals surface area contributed by atoms with Crippen LogP contribution in [0, 0.1) is 5.92 Å². The van der Waals surface area contributed by atoms with Crippen molar-refractivity contribution in [3.63, 3.8) is 0 Å². The van der Waals surface area contributed by atoms with Crippen LogP contribution in [0.4, 0.5) is 0 Å². The lowest BCUT2D eigenvalue weighted by Gasteiger charge is -2.14. The van der Waals surface area contributed by atoms with Crippen LogP contribution in [0.25, 0.3) is 0 Å². The summed E-state index contributed by atoms with van der Waals surface area (Å²) < 4.78 is 21.8. The Hall–Kier alpha value is -1.91. The van der Waals surface area contributed by atoms with Gasteiger partial charge in [0.2, 0.25) is 5.90 Å². The van der Waals surface area contributed by atoms with Gasteiger partial charge in [-0.25, -0.2) is 4.99 Å². The SMILES string of the molecule is COc1cc(OC)c(OC)c(C2=N[C@@H](C(C)C)CO2)c1. The highest BCUT2D eigenvalue weighted by molar-refractivity contribution is 5.99. The minimum Gasteiger partial charge on any atom is -0.497 e. The van der Waals surface area contributed by atoms with Gasteiger partial charge in [0.15, 0.2) is 11.5 Å². The molecule has 0 saturated carbocycles. The van der Waals surface area contributed by atoms with Crippen LogP contribution in [0.1, 0.15) is 19.4 Å². The Kier molecular flexibility index (Phi) is 4.37. The molecule has 0 saturated heterocycles. The Bertz CT molecular complexity index is 511. The Morgan fingerprint density at radius 1 is 1.15 bits per heavy atom. The number of hydrogen-bond acceptors (Lipinski definition) is 5. The van der Waals surface area contributed by atoms with Crippen molar-refractivity contribution in [2.24, 2.45) is 10.9 Å². The van der Waals surface area contributed by atoms with E-state index in [1.807, 2.05) is 6.07 Å². The fraction of sp³-hybridized carbons (Fsp3) is 0.533. The largest absolute Gasteiger partial charge is 0.497 e.